The van der Waals surface area contributed by atoms with E-state index in [1.165, 1.54) is 18.0 Å². The first-order valence-corrected chi connectivity index (χ1v) is 5.72. The lowest BCUT2D eigenvalue weighted by Crippen LogP contribution is -2.29. The van der Waals surface area contributed by atoms with Crippen molar-refractivity contribution in [2.45, 2.75) is 6.92 Å². The van der Waals surface area contributed by atoms with E-state index >= 15 is 0 Å². The summed E-state index contributed by atoms with van der Waals surface area (Å²) >= 11 is 0. The van der Waals surface area contributed by atoms with E-state index in [0.29, 0.717) is 0 Å². The van der Waals surface area contributed by atoms with E-state index in [0.717, 1.165) is 24.3 Å². The Bertz CT molecular complexity index is 514. The molecule has 3 nitrogen and oxygen atoms in total. The van der Waals surface area contributed by atoms with Gasteiger partial charge in [-0.3, -0.25) is 4.79 Å². The van der Waals surface area contributed by atoms with Crippen molar-refractivity contribution >= 4 is 12.0 Å². The second-order valence-electron chi connectivity index (χ2n) is 4.22. The van der Waals surface area contributed by atoms with Crippen LogP contribution in [-0.2, 0) is 4.79 Å². The number of benzene rings is 1. The summed E-state index contributed by atoms with van der Waals surface area (Å²) in [4.78, 5) is 13.0. The molecule has 1 aromatic rings. The van der Waals surface area contributed by atoms with Crippen LogP contribution in [0.3, 0.4) is 0 Å². The van der Waals surface area contributed by atoms with Crippen LogP contribution in [0.1, 0.15) is 12.5 Å². The predicted molar refractivity (Wildman–Crippen MR) is 67.8 cm³/mol. The van der Waals surface area contributed by atoms with E-state index in [9.17, 15) is 13.6 Å². The van der Waals surface area contributed by atoms with E-state index in [1.54, 1.807) is 6.92 Å². The highest BCUT2D eigenvalue weighted by molar-refractivity contribution is 5.91. The molecule has 0 saturated carbocycles. The molecule has 1 atom stereocenters. The van der Waals surface area contributed by atoms with Crippen molar-refractivity contribution in [3.63, 3.8) is 0 Å². The second-order valence-corrected chi connectivity index (χ2v) is 4.22. The van der Waals surface area contributed by atoms with Crippen LogP contribution in [0.15, 0.2) is 24.3 Å². The first kappa shape index (κ1) is 14.8. The molecule has 5 heteroatoms. The van der Waals surface area contributed by atoms with Crippen LogP contribution < -0.4 is 0 Å². The van der Waals surface area contributed by atoms with E-state index in [2.05, 4.69) is 0 Å². The van der Waals surface area contributed by atoms with Crippen LogP contribution in [0.2, 0.25) is 0 Å². The Morgan fingerprint density at radius 2 is 2.05 bits per heavy atom. The molecule has 1 rings (SSSR count). The maximum atomic E-state index is 13.3. The van der Waals surface area contributed by atoms with Crippen LogP contribution in [0.25, 0.3) is 6.08 Å². The smallest absolute Gasteiger partial charge is 0.246 e. The lowest BCUT2D eigenvalue weighted by Gasteiger charge is -2.15. The number of likely N-dealkylation sites (N-methyl/N-ethyl adjacent to an activating group) is 1. The van der Waals surface area contributed by atoms with E-state index in [1.807, 2.05) is 6.07 Å². The van der Waals surface area contributed by atoms with Gasteiger partial charge in [0, 0.05) is 25.2 Å². The van der Waals surface area contributed by atoms with Crippen LogP contribution in [-0.4, -0.2) is 24.4 Å². The number of hydrogen-bond donors (Lipinski definition) is 0. The molecule has 0 saturated heterocycles. The zero-order valence-electron chi connectivity index (χ0n) is 10.7. The van der Waals surface area contributed by atoms with Crippen molar-refractivity contribution in [1.82, 2.24) is 4.90 Å². The minimum Gasteiger partial charge on any atom is -0.341 e. The van der Waals surface area contributed by atoms with Gasteiger partial charge in [0.2, 0.25) is 5.91 Å². The van der Waals surface area contributed by atoms with Crippen LogP contribution in [0.5, 0.6) is 0 Å². The molecule has 0 bridgehead atoms. The fourth-order valence-electron chi connectivity index (χ4n) is 1.49. The van der Waals surface area contributed by atoms with Crippen LogP contribution in [0, 0.1) is 28.9 Å². The van der Waals surface area contributed by atoms with Gasteiger partial charge in [-0.2, -0.15) is 5.26 Å². The third kappa shape index (κ3) is 4.18. The Hall–Kier alpha value is -2.22. The third-order valence-corrected chi connectivity index (χ3v) is 2.54. The molecule has 0 aromatic heterocycles. The maximum Gasteiger partial charge on any atom is 0.246 e. The van der Waals surface area contributed by atoms with Gasteiger partial charge in [-0.05, 0) is 25.1 Å². The lowest BCUT2D eigenvalue weighted by molar-refractivity contribution is -0.125. The summed E-state index contributed by atoms with van der Waals surface area (Å²) in [6.07, 6.45) is 2.19. The van der Waals surface area contributed by atoms with Crippen molar-refractivity contribution in [3.05, 3.63) is 41.5 Å². The molecule has 100 valence electrons. The molecule has 0 aliphatic heterocycles. The lowest BCUT2D eigenvalue weighted by atomic mass is 10.1. The average Bonchev–Trinajstić information content (AvgIpc) is 2.37. The summed E-state index contributed by atoms with van der Waals surface area (Å²) in [7, 11) is 1.53. The molecule has 0 unspecified atom stereocenters. The molecular weight excluding hydrogens is 250 g/mol. The highest BCUT2D eigenvalue weighted by atomic mass is 19.1. The zero-order valence-corrected chi connectivity index (χ0v) is 10.7. The monoisotopic (exact) mass is 264 g/mol. The molecule has 0 aliphatic rings. The Labute approximate surface area is 110 Å². The van der Waals surface area contributed by atoms with E-state index in [-0.39, 0.29) is 18.0 Å². The number of halogens is 2. The summed E-state index contributed by atoms with van der Waals surface area (Å²) in [6, 6.07) is 5.50. The molecule has 1 aromatic carbocycles. The topological polar surface area (TPSA) is 44.1 Å². The fraction of sp³-hybridized carbons (Fsp3) is 0.286. The number of amides is 1. The predicted octanol–water partition coefficient (Wildman–Crippen LogP) is 2.60. The van der Waals surface area contributed by atoms with Crippen LogP contribution in [0.4, 0.5) is 8.78 Å². The van der Waals surface area contributed by atoms with Gasteiger partial charge < -0.3 is 4.90 Å². The highest BCUT2D eigenvalue weighted by Gasteiger charge is 2.10. The van der Waals surface area contributed by atoms with Crippen molar-refractivity contribution in [2.24, 2.45) is 5.92 Å². The quantitative estimate of drug-likeness (QED) is 0.784. The normalized spacial score (nSPS) is 12.2. The van der Waals surface area contributed by atoms with Gasteiger partial charge in [0.1, 0.15) is 11.6 Å². The number of carbonyl (C=O) groups excluding carboxylic acids is 1. The first-order valence-electron chi connectivity index (χ1n) is 5.72. The summed E-state index contributed by atoms with van der Waals surface area (Å²) < 4.78 is 26.6. The summed E-state index contributed by atoms with van der Waals surface area (Å²) in [5.74, 6) is -2.16. The van der Waals surface area contributed by atoms with Gasteiger partial charge in [-0.15, -0.1) is 0 Å². The summed E-state index contributed by atoms with van der Waals surface area (Å²) in [5.41, 5.74) is -0.252. The van der Waals surface area contributed by atoms with Crippen molar-refractivity contribution in [1.29, 1.82) is 5.26 Å². The van der Waals surface area contributed by atoms with Crippen molar-refractivity contribution < 1.29 is 13.6 Å². The number of carbonyl (C=O) groups is 1. The molecule has 1 amide bonds. The molecular formula is C14H14F2N2O. The molecule has 0 N–H and O–H groups in total. The van der Waals surface area contributed by atoms with Gasteiger partial charge in [0.15, 0.2) is 0 Å². The van der Waals surface area contributed by atoms with Gasteiger partial charge in [0.05, 0.1) is 12.0 Å². The Morgan fingerprint density at radius 1 is 1.47 bits per heavy atom. The Balaban J connectivity index is 2.77. The van der Waals surface area contributed by atoms with Crippen LogP contribution >= 0.6 is 0 Å². The highest BCUT2D eigenvalue weighted by Crippen LogP contribution is 2.13. The molecule has 0 heterocycles. The zero-order chi connectivity index (χ0) is 14.4. The standard InChI is InChI=1S/C14H14F2N2O/c1-10(8-17)9-18(2)14(19)7-6-11-12(15)4-3-5-13(11)16/h3-7,10H,9H2,1-2H3/b7-6-/t10-/m0/s1. The van der Waals surface area contributed by atoms with E-state index in [4.69, 9.17) is 5.26 Å². The molecule has 0 fully saturated rings. The average molecular weight is 264 g/mol. The maximum absolute atomic E-state index is 13.3. The van der Waals surface area contributed by atoms with E-state index < -0.39 is 17.5 Å². The molecule has 19 heavy (non-hydrogen) atoms. The molecule has 0 radical (unpaired) electrons. The van der Waals surface area contributed by atoms with Crippen molar-refractivity contribution in [3.8, 4) is 6.07 Å². The van der Waals surface area contributed by atoms with Gasteiger partial charge in [-0.25, -0.2) is 8.78 Å². The Morgan fingerprint density at radius 3 is 2.58 bits per heavy atom. The first-order chi connectivity index (χ1) is 8.95. The van der Waals surface area contributed by atoms with Gasteiger partial charge in [0.25, 0.3) is 0 Å². The number of nitriles is 1. The number of hydrogen-bond acceptors (Lipinski definition) is 2. The minimum absolute atomic E-state index is 0.252. The van der Waals surface area contributed by atoms with Crippen molar-refractivity contribution in [2.75, 3.05) is 13.6 Å². The number of nitrogens with zero attached hydrogens (tertiary/aromatic N) is 2. The molecule has 0 aliphatic carbocycles. The summed E-state index contributed by atoms with van der Waals surface area (Å²) in [6.45, 7) is 1.95. The largest absolute Gasteiger partial charge is 0.341 e. The molecule has 0 spiro atoms. The SMILES string of the molecule is C[C@@H](C#N)CN(C)C(=O)/C=C\c1c(F)cccc1F. The summed E-state index contributed by atoms with van der Waals surface area (Å²) in [5, 5.41) is 8.64. The minimum atomic E-state index is -0.725. The van der Waals surface area contributed by atoms with Gasteiger partial charge in [-0.1, -0.05) is 6.07 Å². The fourth-order valence-corrected chi connectivity index (χ4v) is 1.49. The third-order valence-electron chi connectivity index (χ3n) is 2.54. The van der Waals surface area contributed by atoms with Gasteiger partial charge >= 0.3 is 0 Å². The Kier molecular flexibility index (Phi) is 5.19. The number of rotatable bonds is 4. The second kappa shape index (κ2) is 6.64.